The van der Waals surface area contributed by atoms with E-state index < -0.39 is 0 Å². The van der Waals surface area contributed by atoms with E-state index in [-0.39, 0.29) is 11.8 Å². The lowest BCUT2D eigenvalue weighted by Crippen LogP contribution is -2.37. The van der Waals surface area contributed by atoms with Gasteiger partial charge in [0.15, 0.2) is 0 Å². The second kappa shape index (κ2) is 21.8. The maximum Gasteiger partial charge on any atom is 0.314 e. The summed E-state index contributed by atoms with van der Waals surface area (Å²) in [5, 5.41) is 9.35. The predicted octanol–water partition coefficient (Wildman–Crippen LogP) is 8.75. The standard InChI is InChI=1S/C30H54N2O2/c1-2-3-4-5-6-7-8-9-10-11-12-13-14-15-16-17-18-19-26-32(30(31)34)27-20-21-28-22-24-29(33)25-23-28/h22-25,33H,2-21,26-27H2,1H3,(H2,31,34). The number of amides is 2. The zero-order chi connectivity index (χ0) is 24.7. The van der Waals surface area contributed by atoms with E-state index in [4.69, 9.17) is 5.73 Å². The molecule has 0 saturated carbocycles. The number of nitrogens with two attached hydrogens (primary N) is 1. The van der Waals surface area contributed by atoms with Crippen molar-refractivity contribution in [3.8, 4) is 5.75 Å². The molecule has 1 aromatic carbocycles. The van der Waals surface area contributed by atoms with Crippen LogP contribution in [0, 0.1) is 0 Å². The summed E-state index contributed by atoms with van der Waals surface area (Å²) in [7, 11) is 0. The summed E-state index contributed by atoms with van der Waals surface area (Å²) >= 11 is 0. The Hall–Kier alpha value is -1.71. The predicted molar refractivity (Wildman–Crippen MR) is 146 cm³/mol. The number of aryl methyl sites for hydroxylation is 1. The van der Waals surface area contributed by atoms with Crippen LogP contribution in [-0.2, 0) is 6.42 Å². The molecule has 1 rings (SSSR count). The maximum atomic E-state index is 11.7. The van der Waals surface area contributed by atoms with Gasteiger partial charge in [-0.05, 0) is 37.0 Å². The Morgan fingerprint density at radius 1 is 0.647 bits per heavy atom. The van der Waals surface area contributed by atoms with Crippen molar-refractivity contribution in [2.75, 3.05) is 13.1 Å². The normalized spacial score (nSPS) is 11.1. The molecule has 0 aliphatic heterocycles. The molecule has 4 heteroatoms. The fraction of sp³-hybridized carbons (Fsp3) is 0.767. The van der Waals surface area contributed by atoms with Gasteiger partial charge in [-0.1, -0.05) is 128 Å². The maximum absolute atomic E-state index is 11.7. The molecule has 4 nitrogen and oxygen atoms in total. The third-order valence-corrected chi connectivity index (χ3v) is 6.92. The number of hydrogen-bond acceptors (Lipinski definition) is 2. The van der Waals surface area contributed by atoms with Gasteiger partial charge in [-0.3, -0.25) is 0 Å². The molecule has 0 saturated heterocycles. The highest BCUT2D eigenvalue weighted by Crippen LogP contribution is 2.15. The van der Waals surface area contributed by atoms with Gasteiger partial charge in [0.25, 0.3) is 0 Å². The molecule has 34 heavy (non-hydrogen) atoms. The van der Waals surface area contributed by atoms with Gasteiger partial charge in [0.05, 0.1) is 0 Å². The number of carbonyl (C=O) groups is 1. The van der Waals surface area contributed by atoms with E-state index in [1.807, 2.05) is 12.1 Å². The lowest BCUT2D eigenvalue weighted by molar-refractivity contribution is 0.205. The Labute approximate surface area is 210 Å². The summed E-state index contributed by atoms with van der Waals surface area (Å²) in [6.45, 7) is 3.76. The molecule has 0 aliphatic rings. The molecular formula is C30H54N2O2. The Kier molecular flexibility index (Phi) is 19.4. The summed E-state index contributed by atoms with van der Waals surface area (Å²) in [6, 6.07) is 6.97. The third kappa shape index (κ3) is 17.7. The average molecular weight is 475 g/mol. The van der Waals surface area contributed by atoms with E-state index in [2.05, 4.69) is 6.92 Å². The molecule has 0 aromatic heterocycles. The topological polar surface area (TPSA) is 66.6 Å². The molecule has 0 spiro atoms. The number of hydrogen-bond donors (Lipinski definition) is 2. The molecule has 0 radical (unpaired) electrons. The first-order valence-electron chi connectivity index (χ1n) is 14.5. The molecule has 196 valence electrons. The number of phenols is 1. The molecule has 0 atom stereocenters. The molecule has 0 heterocycles. The zero-order valence-electron chi connectivity index (χ0n) is 22.2. The summed E-state index contributed by atoms with van der Waals surface area (Å²) in [5.41, 5.74) is 6.74. The van der Waals surface area contributed by atoms with Crippen molar-refractivity contribution >= 4 is 6.03 Å². The quantitative estimate of drug-likeness (QED) is 0.156. The molecule has 0 bridgehead atoms. The third-order valence-electron chi connectivity index (χ3n) is 6.92. The van der Waals surface area contributed by atoms with E-state index in [0.29, 0.717) is 6.54 Å². The highest BCUT2D eigenvalue weighted by molar-refractivity contribution is 5.71. The fourth-order valence-corrected chi connectivity index (χ4v) is 4.67. The molecular weight excluding hydrogens is 420 g/mol. The van der Waals surface area contributed by atoms with Crippen LogP contribution < -0.4 is 5.73 Å². The van der Waals surface area contributed by atoms with E-state index >= 15 is 0 Å². The fourth-order valence-electron chi connectivity index (χ4n) is 4.67. The summed E-state index contributed by atoms with van der Waals surface area (Å²) in [6.07, 6.45) is 26.4. The van der Waals surface area contributed by atoms with Crippen LogP contribution in [0.2, 0.25) is 0 Å². The minimum atomic E-state index is -0.308. The van der Waals surface area contributed by atoms with Crippen molar-refractivity contribution < 1.29 is 9.90 Å². The number of benzene rings is 1. The highest BCUT2D eigenvalue weighted by atomic mass is 16.3. The van der Waals surface area contributed by atoms with Gasteiger partial charge in [-0.15, -0.1) is 0 Å². The van der Waals surface area contributed by atoms with Gasteiger partial charge < -0.3 is 15.7 Å². The number of phenolic OH excluding ortho intramolecular Hbond substituents is 1. The van der Waals surface area contributed by atoms with Crippen LogP contribution >= 0.6 is 0 Å². The van der Waals surface area contributed by atoms with Crippen LogP contribution in [0.25, 0.3) is 0 Å². The van der Waals surface area contributed by atoms with Crippen LogP contribution in [-0.4, -0.2) is 29.1 Å². The summed E-state index contributed by atoms with van der Waals surface area (Å²) in [5.74, 6) is 0.289. The molecule has 3 N–H and O–H groups in total. The van der Waals surface area contributed by atoms with Gasteiger partial charge in [-0.25, -0.2) is 4.79 Å². The Morgan fingerprint density at radius 3 is 1.44 bits per heavy atom. The summed E-state index contributed by atoms with van der Waals surface area (Å²) in [4.78, 5) is 13.5. The van der Waals surface area contributed by atoms with Gasteiger partial charge in [0.1, 0.15) is 5.75 Å². The minimum absolute atomic E-state index is 0.289. The Bertz CT molecular complexity index is 588. The van der Waals surface area contributed by atoms with Crippen LogP contribution in [0.1, 0.15) is 134 Å². The second-order valence-electron chi connectivity index (χ2n) is 10.1. The minimum Gasteiger partial charge on any atom is -0.508 e. The summed E-state index contributed by atoms with van der Waals surface area (Å²) < 4.78 is 0. The van der Waals surface area contributed by atoms with Crippen molar-refractivity contribution in [2.24, 2.45) is 5.73 Å². The van der Waals surface area contributed by atoms with Gasteiger partial charge in [-0.2, -0.15) is 0 Å². The lowest BCUT2D eigenvalue weighted by Gasteiger charge is -2.20. The Balaban J connectivity index is 1.87. The first-order valence-corrected chi connectivity index (χ1v) is 14.5. The molecule has 0 unspecified atom stereocenters. The first-order chi connectivity index (χ1) is 16.6. The smallest absolute Gasteiger partial charge is 0.314 e. The molecule has 1 aromatic rings. The number of rotatable bonds is 23. The molecule has 0 aliphatic carbocycles. The zero-order valence-corrected chi connectivity index (χ0v) is 22.2. The van der Waals surface area contributed by atoms with Crippen LogP contribution in [0.3, 0.4) is 0 Å². The highest BCUT2D eigenvalue weighted by Gasteiger charge is 2.08. The van der Waals surface area contributed by atoms with Crippen LogP contribution in [0.15, 0.2) is 24.3 Å². The first kappa shape index (κ1) is 30.3. The molecule has 0 fully saturated rings. The SMILES string of the molecule is CCCCCCCCCCCCCCCCCCCCN(CCCc1ccc(O)cc1)C(N)=O. The number of nitrogens with zero attached hydrogens (tertiary/aromatic N) is 1. The van der Waals surface area contributed by atoms with Crippen molar-refractivity contribution in [1.29, 1.82) is 0 Å². The number of carbonyl (C=O) groups excluding carboxylic acids is 1. The van der Waals surface area contributed by atoms with Crippen LogP contribution in [0.4, 0.5) is 4.79 Å². The van der Waals surface area contributed by atoms with Gasteiger partial charge in [0.2, 0.25) is 0 Å². The average Bonchev–Trinajstić information content (AvgIpc) is 2.83. The number of primary amides is 1. The van der Waals surface area contributed by atoms with Crippen LogP contribution in [0.5, 0.6) is 5.75 Å². The van der Waals surface area contributed by atoms with Crippen molar-refractivity contribution in [3.63, 3.8) is 0 Å². The number of unbranched alkanes of at least 4 members (excludes halogenated alkanes) is 17. The van der Waals surface area contributed by atoms with E-state index in [0.717, 1.165) is 25.8 Å². The second-order valence-corrected chi connectivity index (χ2v) is 10.1. The number of aromatic hydroxyl groups is 1. The largest absolute Gasteiger partial charge is 0.508 e. The number of urea groups is 1. The van der Waals surface area contributed by atoms with E-state index in [1.165, 1.54) is 115 Å². The van der Waals surface area contributed by atoms with E-state index in [9.17, 15) is 9.90 Å². The van der Waals surface area contributed by atoms with Crippen molar-refractivity contribution in [3.05, 3.63) is 29.8 Å². The lowest BCUT2D eigenvalue weighted by atomic mass is 10.0. The van der Waals surface area contributed by atoms with Gasteiger partial charge in [0, 0.05) is 13.1 Å². The van der Waals surface area contributed by atoms with Gasteiger partial charge >= 0.3 is 6.03 Å². The van der Waals surface area contributed by atoms with Crippen molar-refractivity contribution in [2.45, 2.75) is 135 Å². The monoisotopic (exact) mass is 474 g/mol. The van der Waals surface area contributed by atoms with Crippen molar-refractivity contribution in [1.82, 2.24) is 4.90 Å². The molecule has 2 amide bonds. The van der Waals surface area contributed by atoms with E-state index in [1.54, 1.807) is 17.0 Å². The Morgan fingerprint density at radius 2 is 1.03 bits per heavy atom.